The highest BCUT2D eigenvalue weighted by molar-refractivity contribution is 6.31. The molecule has 0 saturated heterocycles. The van der Waals surface area contributed by atoms with Gasteiger partial charge in [0.2, 0.25) is 0 Å². The van der Waals surface area contributed by atoms with Gasteiger partial charge in [-0.25, -0.2) is 5.43 Å². The van der Waals surface area contributed by atoms with Crippen LogP contribution in [0.2, 0.25) is 5.02 Å². The van der Waals surface area contributed by atoms with E-state index in [1.165, 1.54) is 0 Å². The van der Waals surface area contributed by atoms with Crippen LogP contribution in [0.25, 0.3) is 0 Å². The number of hydrazone groups is 1. The molecule has 0 radical (unpaired) electrons. The molecule has 0 spiro atoms. The molecule has 158 valence electrons. The highest BCUT2D eigenvalue weighted by Gasteiger charge is 2.08. The molecule has 0 heterocycles. The molecule has 6 nitrogen and oxygen atoms in total. The second-order valence-corrected chi connectivity index (χ2v) is 7.27. The van der Waals surface area contributed by atoms with Gasteiger partial charge in [0.25, 0.3) is 11.8 Å². The van der Waals surface area contributed by atoms with E-state index >= 15 is 0 Å². The average molecular weight is 436 g/mol. The number of para-hydroxylation sites is 1. The van der Waals surface area contributed by atoms with Crippen LogP contribution in [-0.4, -0.2) is 24.1 Å². The maximum atomic E-state index is 12.4. The van der Waals surface area contributed by atoms with Crippen molar-refractivity contribution in [1.82, 2.24) is 5.43 Å². The monoisotopic (exact) mass is 435 g/mol. The number of carbonyl (C=O) groups is 2. The first-order valence-electron chi connectivity index (χ1n) is 9.61. The minimum atomic E-state index is -0.368. The van der Waals surface area contributed by atoms with Gasteiger partial charge in [-0.1, -0.05) is 48.0 Å². The van der Waals surface area contributed by atoms with E-state index in [0.29, 0.717) is 27.7 Å². The predicted octanol–water partition coefficient (Wildman–Crippen LogP) is 4.82. The molecule has 0 aliphatic heterocycles. The summed E-state index contributed by atoms with van der Waals surface area (Å²) in [7, 11) is 0. The molecule has 3 rings (SSSR count). The van der Waals surface area contributed by atoms with Crippen LogP contribution in [-0.2, 0) is 4.79 Å². The van der Waals surface area contributed by atoms with Crippen molar-refractivity contribution in [3.63, 3.8) is 0 Å². The number of benzene rings is 3. The molecule has 0 unspecified atom stereocenters. The van der Waals surface area contributed by atoms with E-state index in [0.717, 1.165) is 11.1 Å². The molecule has 0 aliphatic carbocycles. The zero-order valence-corrected chi connectivity index (χ0v) is 17.9. The van der Waals surface area contributed by atoms with Crippen molar-refractivity contribution in [3.8, 4) is 5.75 Å². The third-order valence-electron chi connectivity index (χ3n) is 4.43. The summed E-state index contributed by atoms with van der Waals surface area (Å²) in [6, 6.07) is 21.4. The minimum absolute atomic E-state index is 0.142. The summed E-state index contributed by atoms with van der Waals surface area (Å²) in [5.74, 6) is 0.0189. The first kappa shape index (κ1) is 22.1. The fourth-order valence-electron chi connectivity index (χ4n) is 2.76. The lowest BCUT2D eigenvalue weighted by molar-refractivity contribution is -0.123. The summed E-state index contributed by atoms with van der Waals surface area (Å²) in [4.78, 5) is 24.5. The quantitative estimate of drug-likeness (QED) is 0.412. The Morgan fingerprint density at radius 2 is 1.71 bits per heavy atom. The van der Waals surface area contributed by atoms with Gasteiger partial charge < -0.3 is 10.1 Å². The van der Waals surface area contributed by atoms with Crippen LogP contribution in [0.5, 0.6) is 5.75 Å². The summed E-state index contributed by atoms with van der Waals surface area (Å²) < 4.78 is 5.51. The molecule has 3 aromatic carbocycles. The summed E-state index contributed by atoms with van der Waals surface area (Å²) >= 11 is 5.94. The number of amides is 2. The standard InChI is InChI=1S/C24H22ClN3O3/c1-16-7-3-4-12-22(16)31-15-23(29)28-27-17(2)18-8-6-11-21(14-18)26-24(30)19-9-5-10-20(25)13-19/h3-14H,15H2,1-2H3,(H,26,30)(H,28,29)/b27-17-. The predicted molar refractivity (Wildman–Crippen MR) is 123 cm³/mol. The zero-order chi connectivity index (χ0) is 22.2. The summed E-state index contributed by atoms with van der Waals surface area (Å²) in [5, 5.41) is 7.45. The zero-order valence-electron chi connectivity index (χ0n) is 17.2. The van der Waals surface area contributed by atoms with Crippen LogP contribution in [0.15, 0.2) is 77.9 Å². The Labute approximate surface area is 185 Å². The van der Waals surface area contributed by atoms with Crippen molar-refractivity contribution >= 4 is 34.8 Å². The van der Waals surface area contributed by atoms with E-state index in [4.69, 9.17) is 16.3 Å². The van der Waals surface area contributed by atoms with E-state index in [-0.39, 0.29) is 18.4 Å². The van der Waals surface area contributed by atoms with E-state index in [2.05, 4.69) is 15.8 Å². The smallest absolute Gasteiger partial charge is 0.277 e. The first-order chi connectivity index (χ1) is 14.9. The fourth-order valence-corrected chi connectivity index (χ4v) is 2.95. The van der Waals surface area contributed by atoms with Gasteiger partial charge in [0.1, 0.15) is 5.75 Å². The Morgan fingerprint density at radius 1 is 0.968 bits per heavy atom. The maximum Gasteiger partial charge on any atom is 0.277 e. The van der Waals surface area contributed by atoms with Crippen LogP contribution in [0.3, 0.4) is 0 Å². The minimum Gasteiger partial charge on any atom is -0.483 e. The number of anilines is 1. The van der Waals surface area contributed by atoms with Gasteiger partial charge in [0.05, 0.1) is 5.71 Å². The molecule has 2 N–H and O–H groups in total. The third kappa shape index (κ3) is 6.42. The van der Waals surface area contributed by atoms with Gasteiger partial charge in [0.15, 0.2) is 6.61 Å². The molecule has 7 heteroatoms. The summed E-state index contributed by atoms with van der Waals surface area (Å²) in [6.07, 6.45) is 0. The molecule has 2 amide bonds. The SMILES string of the molecule is C/C(=N/NC(=O)COc1ccccc1C)c1cccc(NC(=O)c2cccc(Cl)c2)c1. The molecule has 0 aromatic heterocycles. The average Bonchev–Trinajstić information content (AvgIpc) is 2.77. The van der Waals surface area contributed by atoms with Crippen LogP contribution in [0.4, 0.5) is 5.69 Å². The van der Waals surface area contributed by atoms with E-state index in [9.17, 15) is 9.59 Å². The van der Waals surface area contributed by atoms with Crippen molar-refractivity contribution < 1.29 is 14.3 Å². The summed E-state index contributed by atoms with van der Waals surface area (Å²) in [6.45, 7) is 3.53. The number of ether oxygens (including phenoxy) is 1. The number of rotatable bonds is 7. The Bertz CT molecular complexity index is 1130. The normalized spacial score (nSPS) is 11.0. The van der Waals surface area contributed by atoms with Gasteiger partial charge in [-0.05, 0) is 61.4 Å². The van der Waals surface area contributed by atoms with Crippen molar-refractivity contribution in [2.45, 2.75) is 13.8 Å². The summed E-state index contributed by atoms with van der Waals surface area (Å²) in [5.41, 5.74) is 5.84. The van der Waals surface area contributed by atoms with Gasteiger partial charge in [-0.2, -0.15) is 5.10 Å². The van der Waals surface area contributed by atoms with Crippen LogP contribution in [0.1, 0.15) is 28.4 Å². The molecule has 0 fully saturated rings. The topological polar surface area (TPSA) is 79.8 Å². The van der Waals surface area contributed by atoms with Crippen molar-refractivity contribution in [1.29, 1.82) is 0 Å². The van der Waals surface area contributed by atoms with Crippen molar-refractivity contribution in [3.05, 3.63) is 94.5 Å². The number of hydrogen-bond donors (Lipinski definition) is 2. The number of nitrogens with zero attached hydrogens (tertiary/aromatic N) is 1. The molecule has 0 atom stereocenters. The highest BCUT2D eigenvalue weighted by Crippen LogP contribution is 2.17. The third-order valence-corrected chi connectivity index (χ3v) is 4.66. The number of halogens is 1. The Balaban J connectivity index is 1.59. The Kier molecular flexibility index (Phi) is 7.40. The van der Waals surface area contributed by atoms with E-state index in [1.54, 1.807) is 55.5 Å². The molecule has 0 aliphatic rings. The van der Waals surface area contributed by atoms with E-state index in [1.807, 2.05) is 31.2 Å². The molecule has 31 heavy (non-hydrogen) atoms. The molecule has 0 saturated carbocycles. The maximum absolute atomic E-state index is 12.4. The second kappa shape index (κ2) is 10.4. The lowest BCUT2D eigenvalue weighted by Gasteiger charge is -2.09. The number of nitrogens with one attached hydrogen (secondary N) is 2. The first-order valence-corrected chi connectivity index (χ1v) is 9.99. The van der Waals surface area contributed by atoms with Gasteiger partial charge in [-0.15, -0.1) is 0 Å². The van der Waals surface area contributed by atoms with Crippen molar-refractivity contribution in [2.24, 2.45) is 5.10 Å². The molecule has 3 aromatic rings. The Hall–Kier alpha value is -3.64. The van der Waals surface area contributed by atoms with Crippen LogP contribution in [0, 0.1) is 6.92 Å². The number of hydrogen-bond acceptors (Lipinski definition) is 4. The molecular weight excluding hydrogens is 414 g/mol. The number of carbonyl (C=O) groups excluding carboxylic acids is 2. The van der Waals surface area contributed by atoms with Crippen molar-refractivity contribution in [2.75, 3.05) is 11.9 Å². The Morgan fingerprint density at radius 3 is 2.48 bits per heavy atom. The lowest BCUT2D eigenvalue weighted by Crippen LogP contribution is -2.25. The largest absolute Gasteiger partial charge is 0.483 e. The van der Waals surface area contributed by atoms with E-state index < -0.39 is 0 Å². The fraction of sp³-hybridized carbons (Fsp3) is 0.125. The van der Waals surface area contributed by atoms with Gasteiger partial charge >= 0.3 is 0 Å². The van der Waals surface area contributed by atoms with Gasteiger partial charge in [-0.3, -0.25) is 9.59 Å². The van der Waals surface area contributed by atoms with Crippen LogP contribution < -0.4 is 15.5 Å². The molecule has 0 bridgehead atoms. The molecular formula is C24H22ClN3O3. The van der Waals surface area contributed by atoms with Gasteiger partial charge in [0, 0.05) is 16.3 Å². The highest BCUT2D eigenvalue weighted by atomic mass is 35.5. The number of aryl methyl sites for hydroxylation is 1. The second-order valence-electron chi connectivity index (χ2n) is 6.83. The lowest BCUT2D eigenvalue weighted by atomic mass is 10.1. The van der Waals surface area contributed by atoms with Crippen LogP contribution >= 0.6 is 11.6 Å².